The largest absolute Gasteiger partial charge is 0.355 e. The fourth-order valence-electron chi connectivity index (χ4n) is 4.39. The second kappa shape index (κ2) is 5.98. The molecule has 26 heavy (non-hydrogen) atoms. The Kier molecular flexibility index (Phi) is 3.71. The molecule has 5 rings (SSSR count). The van der Waals surface area contributed by atoms with Crippen LogP contribution in [0.4, 0.5) is 5.82 Å². The maximum absolute atomic E-state index is 13.1. The molecule has 1 fully saturated rings. The highest BCUT2D eigenvalue weighted by Gasteiger charge is 2.30. The lowest BCUT2D eigenvalue weighted by atomic mass is 9.99. The zero-order chi connectivity index (χ0) is 17.8. The summed E-state index contributed by atoms with van der Waals surface area (Å²) in [5.41, 5.74) is 3.39. The van der Waals surface area contributed by atoms with Gasteiger partial charge in [-0.2, -0.15) is 0 Å². The molecular weight excluding hydrogens is 392 g/mol. The van der Waals surface area contributed by atoms with Crippen molar-refractivity contribution < 1.29 is 0 Å². The Bertz CT molecular complexity index is 1060. The van der Waals surface area contributed by atoms with Gasteiger partial charge in [-0.25, -0.2) is 4.98 Å². The summed E-state index contributed by atoms with van der Waals surface area (Å²) >= 11 is 3.55. The van der Waals surface area contributed by atoms with Crippen molar-refractivity contribution in [2.24, 2.45) is 0 Å². The summed E-state index contributed by atoms with van der Waals surface area (Å²) in [6.07, 6.45) is 4.39. The van der Waals surface area contributed by atoms with E-state index in [1.165, 1.54) is 17.4 Å². The predicted molar refractivity (Wildman–Crippen MR) is 108 cm³/mol. The van der Waals surface area contributed by atoms with Crippen molar-refractivity contribution in [3.8, 4) is 11.5 Å². The van der Waals surface area contributed by atoms with Gasteiger partial charge >= 0.3 is 0 Å². The number of nitrogens with zero attached hydrogens (tertiary/aromatic N) is 3. The van der Waals surface area contributed by atoms with E-state index in [0.717, 1.165) is 55.2 Å². The highest BCUT2D eigenvalue weighted by molar-refractivity contribution is 9.10. The molecule has 4 heterocycles. The summed E-state index contributed by atoms with van der Waals surface area (Å²) < 4.78 is 2.43. The van der Waals surface area contributed by atoms with Gasteiger partial charge in [-0.05, 0) is 60.2 Å². The number of piperidine rings is 1. The van der Waals surface area contributed by atoms with Gasteiger partial charge in [0.1, 0.15) is 4.47 Å². The molecule has 0 spiro atoms. The van der Waals surface area contributed by atoms with Crippen LogP contribution >= 0.6 is 15.9 Å². The zero-order valence-electron chi connectivity index (χ0n) is 14.8. The lowest BCUT2D eigenvalue weighted by Crippen LogP contribution is -2.36. The van der Waals surface area contributed by atoms with Gasteiger partial charge in [0.05, 0.1) is 5.69 Å². The smallest absolute Gasteiger partial charge is 0.270 e. The molecule has 0 saturated carbocycles. The quantitative estimate of drug-likeness (QED) is 0.649. The second-order valence-electron chi connectivity index (χ2n) is 7.37. The number of anilines is 1. The Morgan fingerprint density at radius 2 is 1.96 bits per heavy atom. The number of fused-ring (bicyclic) bond motifs is 5. The third-order valence-corrected chi connectivity index (χ3v) is 6.37. The van der Waals surface area contributed by atoms with Crippen LogP contribution in [0, 0.1) is 0 Å². The Morgan fingerprint density at radius 3 is 2.77 bits per heavy atom. The van der Waals surface area contributed by atoms with E-state index in [2.05, 4.69) is 50.9 Å². The predicted octanol–water partition coefficient (Wildman–Crippen LogP) is 4.26. The third kappa shape index (κ3) is 2.28. The topological polar surface area (TPSA) is 53.9 Å². The first kappa shape index (κ1) is 16.1. The number of hydrogen-bond acceptors (Lipinski definition) is 3. The van der Waals surface area contributed by atoms with Crippen molar-refractivity contribution >= 4 is 32.7 Å². The molecule has 1 saturated heterocycles. The lowest BCUT2D eigenvalue weighted by molar-refractivity contribution is 0.507. The van der Waals surface area contributed by atoms with E-state index in [4.69, 9.17) is 4.98 Å². The standard InChI is InChI=1S/C20H21BrN4O/c1-12-11-14-13-7-3-4-8-15(13)22-17(14)19-23-18(16(21)20(26)25(12)19)24-9-5-2-6-10-24/h3-4,7-8,12,22H,2,5-6,9-11H2,1H3. The van der Waals surface area contributed by atoms with Crippen molar-refractivity contribution in [2.75, 3.05) is 18.0 Å². The summed E-state index contributed by atoms with van der Waals surface area (Å²) in [6.45, 7) is 4.03. The molecule has 1 aromatic carbocycles. The maximum atomic E-state index is 13.1. The van der Waals surface area contributed by atoms with Crippen molar-refractivity contribution in [3.63, 3.8) is 0 Å². The molecule has 0 bridgehead atoms. The van der Waals surface area contributed by atoms with Gasteiger partial charge in [-0.3, -0.25) is 9.36 Å². The minimum Gasteiger partial charge on any atom is -0.355 e. The van der Waals surface area contributed by atoms with E-state index in [1.807, 2.05) is 10.6 Å². The minimum absolute atomic E-state index is 0.0207. The number of hydrogen-bond donors (Lipinski definition) is 1. The lowest BCUT2D eigenvalue weighted by Gasteiger charge is -2.31. The van der Waals surface area contributed by atoms with E-state index in [9.17, 15) is 4.79 Å². The molecule has 1 unspecified atom stereocenters. The van der Waals surface area contributed by atoms with Gasteiger partial charge in [0.25, 0.3) is 5.56 Å². The van der Waals surface area contributed by atoms with Crippen LogP contribution < -0.4 is 10.5 Å². The number of H-pyrrole nitrogens is 1. The molecule has 2 aromatic heterocycles. The summed E-state index contributed by atoms with van der Waals surface area (Å²) in [6, 6.07) is 8.43. The van der Waals surface area contributed by atoms with Crippen molar-refractivity contribution in [1.29, 1.82) is 0 Å². The number of nitrogens with one attached hydrogen (secondary N) is 1. The first-order valence-electron chi connectivity index (χ1n) is 9.32. The molecular formula is C20H21BrN4O. The zero-order valence-corrected chi connectivity index (χ0v) is 16.3. The molecule has 2 aliphatic rings. The molecule has 1 atom stereocenters. The maximum Gasteiger partial charge on any atom is 0.270 e. The van der Waals surface area contributed by atoms with E-state index in [0.29, 0.717) is 4.47 Å². The second-order valence-corrected chi connectivity index (χ2v) is 8.17. The van der Waals surface area contributed by atoms with Crippen LogP contribution in [0.1, 0.15) is 37.8 Å². The molecule has 6 heteroatoms. The van der Waals surface area contributed by atoms with Crippen LogP contribution in [0.25, 0.3) is 22.4 Å². The van der Waals surface area contributed by atoms with Gasteiger partial charge in [0.15, 0.2) is 11.6 Å². The Labute approximate surface area is 160 Å². The first-order valence-corrected chi connectivity index (χ1v) is 10.1. The van der Waals surface area contributed by atoms with Gasteiger partial charge in [0, 0.05) is 30.0 Å². The van der Waals surface area contributed by atoms with Crippen LogP contribution in [-0.4, -0.2) is 27.6 Å². The molecule has 0 radical (unpaired) electrons. The van der Waals surface area contributed by atoms with Gasteiger partial charge in [-0.1, -0.05) is 18.2 Å². The Morgan fingerprint density at radius 1 is 1.19 bits per heavy atom. The monoisotopic (exact) mass is 412 g/mol. The average molecular weight is 413 g/mol. The first-order chi connectivity index (χ1) is 12.6. The number of rotatable bonds is 1. The van der Waals surface area contributed by atoms with Crippen molar-refractivity contribution in [1.82, 2.24) is 14.5 Å². The highest BCUT2D eigenvalue weighted by Crippen LogP contribution is 2.38. The number of benzene rings is 1. The van der Waals surface area contributed by atoms with E-state index < -0.39 is 0 Å². The fraction of sp³-hybridized carbons (Fsp3) is 0.400. The van der Waals surface area contributed by atoms with Crippen LogP contribution in [0.5, 0.6) is 0 Å². The third-order valence-electron chi connectivity index (χ3n) is 5.68. The van der Waals surface area contributed by atoms with Crippen LogP contribution in [0.2, 0.25) is 0 Å². The van der Waals surface area contributed by atoms with Gasteiger partial charge in [0.2, 0.25) is 0 Å². The highest BCUT2D eigenvalue weighted by atomic mass is 79.9. The molecule has 0 aliphatic carbocycles. The molecule has 1 N–H and O–H groups in total. The van der Waals surface area contributed by atoms with Crippen LogP contribution in [-0.2, 0) is 6.42 Å². The van der Waals surface area contributed by atoms with Crippen LogP contribution in [0.15, 0.2) is 33.5 Å². The SMILES string of the molecule is CC1Cc2c([nH]c3ccccc23)-c2nc(N3CCCCC3)c(Br)c(=O)n21. The normalized spacial score (nSPS) is 19.5. The molecule has 2 aliphatic heterocycles. The molecule has 3 aromatic rings. The summed E-state index contributed by atoms with van der Waals surface area (Å²) in [5, 5.41) is 1.23. The van der Waals surface area contributed by atoms with Gasteiger partial charge in [-0.15, -0.1) is 0 Å². The van der Waals surface area contributed by atoms with Crippen molar-refractivity contribution in [2.45, 2.75) is 38.6 Å². The summed E-state index contributed by atoms with van der Waals surface area (Å²) in [5.74, 6) is 1.56. The fourth-order valence-corrected chi connectivity index (χ4v) is 4.92. The number of para-hydroxylation sites is 1. The van der Waals surface area contributed by atoms with E-state index in [-0.39, 0.29) is 11.6 Å². The Hall–Kier alpha value is -2.08. The number of halogens is 1. The number of aromatic nitrogens is 3. The van der Waals surface area contributed by atoms with Crippen LogP contribution in [0.3, 0.4) is 0 Å². The summed E-state index contributed by atoms with van der Waals surface area (Å²) in [4.78, 5) is 23.9. The van der Waals surface area contributed by atoms with Gasteiger partial charge < -0.3 is 9.88 Å². The van der Waals surface area contributed by atoms with E-state index in [1.54, 1.807) is 0 Å². The van der Waals surface area contributed by atoms with Crippen molar-refractivity contribution in [3.05, 3.63) is 44.7 Å². The summed E-state index contributed by atoms with van der Waals surface area (Å²) in [7, 11) is 0. The number of aromatic amines is 1. The Balaban J connectivity index is 1.77. The molecule has 5 nitrogen and oxygen atoms in total. The molecule has 0 amide bonds. The molecule has 134 valence electrons. The van der Waals surface area contributed by atoms with E-state index >= 15 is 0 Å². The minimum atomic E-state index is 0.0207. The average Bonchev–Trinajstić information content (AvgIpc) is 3.03.